The lowest BCUT2D eigenvalue weighted by atomic mass is 10.1. The minimum absolute atomic E-state index is 0.560. The van der Waals surface area contributed by atoms with Crippen molar-refractivity contribution < 1.29 is 14.2 Å². The first-order valence-corrected chi connectivity index (χ1v) is 7.72. The van der Waals surface area contributed by atoms with E-state index in [0.717, 1.165) is 35.1 Å². The zero-order valence-corrected chi connectivity index (χ0v) is 13.0. The van der Waals surface area contributed by atoms with E-state index in [9.17, 15) is 0 Å². The van der Waals surface area contributed by atoms with Crippen LogP contribution in [-0.2, 0) is 13.1 Å². The first-order valence-electron chi connectivity index (χ1n) is 6.84. The summed E-state index contributed by atoms with van der Waals surface area (Å²) in [5.41, 5.74) is 2.17. The van der Waals surface area contributed by atoms with Crippen molar-refractivity contribution >= 4 is 11.3 Å². The summed E-state index contributed by atoms with van der Waals surface area (Å²) in [6, 6.07) is 3.98. The first-order chi connectivity index (χ1) is 10.3. The van der Waals surface area contributed by atoms with Gasteiger partial charge in [0.25, 0.3) is 0 Å². The van der Waals surface area contributed by atoms with Gasteiger partial charge in [-0.05, 0) is 24.6 Å². The topological polar surface area (TPSA) is 52.6 Å². The predicted octanol–water partition coefficient (Wildman–Crippen LogP) is 2.52. The van der Waals surface area contributed by atoms with Crippen molar-refractivity contribution in [2.75, 3.05) is 20.3 Å². The number of methoxy groups -OCH3 is 1. The van der Waals surface area contributed by atoms with Crippen molar-refractivity contribution in [3.05, 3.63) is 33.8 Å². The van der Waals surface area contributed by atoms with Crippen LogP contribution in [0.25, 0.3) is 0 Å². The summed E-state index contributed by atoms with van der Waals surface area (Å²) in [5.74, 6) is 2.17. The van der Waals surface area contributed by atoms with E-state index in [1.165, 1.54) is 0 Å². The van der Waals surface area contributed by atoms with Crippen LogP contribution in [0.15, 0.2) is 17.5 Å². The van der Waals surface area contributed by atoms with Crippen molar-refractivity contribution in [1.29, 1.82) is 0 Å². The molecular weight excluding hydrogens is 288 g/mol. The number of aromatic nitrogens is 1. The fourth-order valence-electron chi connectivity index (χ4n) is 2.23. The van der Waals surface area contributed by atoms with Crippen LogP contribution in [0.2, 0.25) is 0 Å². The van der Waals surface area contributed by atoms with E-state index in [-0.39, 0.29) is 0 Å². The van der Waals surface area contributed by atoms with E-state index in [2.05, 4.69) is 15.7 Å². The Kier molecular flexibility index (Phi) is 4.26. The average Bonchev–Trinajstić information content (AvgIpc) is 2.92. The Balaban J connectivity index is 1.67. The summed E-state index contributed by atoms with van der Waals surface area (Å²) < 4.78 is 16.6. The lowest BCUT2D eigenvalue weighted by Crippen LogP contribution is -2.17. The number of ether oxygens (including phenoxy) is 3. The smallest absolute Gasteiger partial charge is 0.203 e. The lowest BCUT2D eigenvalue weighted by Gasteiger charge is -2.21. The number of hydrogen-bond acceptors (Lipinski definition) is 6. The Labute approximate surface area is 127 Å². The van der Waals surface area contributed by atoms with Crippen LogP contribution in [-0.4, -0.2) is 25.3 Å². The van der Waals surface area contributed by atoms with Gasteiger partial charge in [0, 0.05) is 24.2 Å². The van der Waals surface area contributed by atoms with Gasteiger partial charge in [-0.1, -0.05) is 0 Å². The van der Waals surface area contributed by atoms with E-state index >= 15 is 0 Å². The number of aryl methyl sites for hydroxylation is 1. The Morgan fingerprint density at radius 3 is 2.90 bits per heavy atom. The van der Waals surface area contributed by atoms with E-state index in [4.69, 9.17) is 14.2 Å². The lowest BCUT2D eigenvalue weighted by molar-refractivity contribution is 0.165. The molecule has 2 aromatic rings. The quantitative estimate of drug-likeness (QED) is 0.920. The fraction of sp³-hybridized carbons (Fsp3) is 0.400. The molecule has 1 aliphatic rings. The van der Waals surface area contributed by atoms with Crippen LogP contribution in [0, 0.1) is 6.92 Å². The molecule has 3 rings (SSSR count). The maximum Gasteiger partial charge on any atom is 0.203 e. The summed E-state index contributed by atoms with van der Waals surface area (Å²) in [5, 5.41) is 6.54. The molecule has 1 aromatic carbocycles. The molecule has 0 saturated heterocycles. The van der Waals surface area contributed by atoms with Gasteiger partial charge in [0.1, 0.15) is 18.2 Å². The number of rotatable bonds is 5. The second-order valence-electron chi connectivity index (χ2n) is 4.81. The molecule has 0 bridgehead atoms. The van der Waals surface area contributed by atoms with E-state index in [1.54, 1.807) is 18.4 Å². The van der Waals surface area contributed by atoms with Crippen LogP contribution in [0.1, 0.15) is 16.3 Å². The van der Waals surface area contributed by atoms with Gasteiger partial charge in [-0.2, -0.15) is 0 Å². The molecule has 5 nitrogen and oxygen atoms in total. The molecule has 1 N–H and O–H groups in total. The second-order valence-corrected chi connectivity index (χ2v) is 5.75. The fourth-order valence-corrected chi connectivity index (χ4v) is 2.97. The summed E-state index contributed by atoms with van der Waals surface area (Å²) in [6.07, 6.45) is 0. The standard InChI is InChI=1S/C15H18N2O3S/c1-10-9-21-14(17-10)8-16-7-11-5-12(18-2)15-13(6-11)19-3-4-20-15/h5-6,9,16H,3-4,7-8H2,1-2H3. The highest BCUT2D eigenvalue weighted by molar-refractivity contribution is 7.09. The van der Waals surface area contributed by atoms with Gasteiger partial charge in [-0.3, -0.25) is 0 Å². The Bertz CT molecular complexity index is 610. The summed E-state index contributed by atoms with van der Waals surface area (Å²) in [7, 11) is 1.64. The van der Waals surface area contributed by atoms with Crippen molar-refractivity contribution in [3.63, 3.8) is 0 Å². The molecule has 1 aromatic heterocycles. The molecule has 0 amide bonds. The van der Waals surface area contributed by atoms with Gasteiger partial charge in [-0.15, -0.1) is 11.3 Å². The van der Waals surface area contributed by atoms with Crippen molar-refractivity contribution in [1.82, 2.24) is 10.3 Å². The largest absolute Gasteiger partial charge is 0.493 e. The summed E-state index contributed by atoms with van der Waals surface area (Å²) >= 11 is 1.67. The van der Waals surface area contributed by atoms with Gasteiger partial charge in [0.05, 0.1) is 7.11 Å². The average molecular weight is 306 g/mol. The number of thiazole rings is 1. The van der Waals surface area contributed by atoms with Crippen LogP contribution < -0.4 is 19.5 Å². The number of fused-ring (bicyclic) bond motifs is 1. The molecule has 2 heterocycles. The van der Waals surface area contributed by atoms with Gasteiger partial charge in [0.2, 0.25) is 5.75 Å². The third kappa shape index (κ3) is 3.28. The first kappa shape index (κ1) is 14.2. The Morgan fingerprint density at radius 1 is 1.29 bits per heavy atom. The van der Waals surface area contributed by atoms with Gasteiger partial charge < -0.3 is 19.5 Å². The second kappa shape index (κ2) is 6.32. The number of benzene rings is 1. The molecule has 0 spiro atoms. The molecule has 6 heteroatoms. The van der Waals surface area contributed by atoms with E-state index in [0.29, 0.717) is 24.7 Å². The predicted molar refractivity (Wildman–Crippen MR) is 81.4 cm³/mol. The van der Waals surface area contributed by atoms with Crippen LogP contribution in [0.3, 0.4) is 0 Å². The highest BCUT2D eigenvalue weighted by Gasteiger charge is 2.18. The molecule has 112 valence electrons. The van der Waals surface area contributed by atoms with E-state index in [1.807, 2.05) is 19.1 Å². The number of nitrogens with one attached hydrogen (secondary N) is 1. The normalized spacial score (nSPS) is 13.2. The Hall–Kier alpha value is -1.79. The van der Waals surface area contributed by atoms with E-state index < -0.39 is 0 Å². The van der Waals surface area contributed by atoms with Gasteiger partial charge in [-0.25, -0.2) is 4.98 Å². The highest BCUT2D eigenvalue weighted by Crippen LogP contribution is 2.40. The van der Waals surface area contributed by atoms with Crippen molar-refractivity contribution in [3.8, 4) is 17.2 Å². The van der Waals surface area contributed by atoms with Crippen LogP contribution in [0.4, 0.5) is 0 Å². The third-order valence-electron chi connectivity index (χ3n) is 3.16. The Morgan fingerprint density at radius 2 is 2.14 bits per heavy atom. The van der Waals surface area contributed by atoms with Gasteiger partial charge in [0.15, 0.2) is 11.5 Å². The van der Waals surface area contributed by atoms with Crippen molar-refractivity contribution in [2.45, 2.75) is 20.0 Å². The molecule has 21 heavy (non-hydrogen) atoms. The summed E-state index contributed by atoms with van der Waals surface area (Å²) in [4.78, 5) is 4.43. The molecule has 0 unspecified atom stereocenters. The molecule has 0 atom stereocenters. The van der Waals surface area contributed by atoms with Crippen LogP contribution >= 0.6 is 11.3 Å². The molecular formula is C15H18N2O3S. The number of hydrogen-bond donors (Lipinski definition) is 1. The summed E-state index contributed by atoms with van der Waals surface area (Å²) in [6.45, 7) is 4.63. The minimum atomic E-state index is 0.560. The zero-order chi connectivity index (χ0) is 14.7. The molecule has 0 saturated carbocycles. The van der Waals surface area contributed by atoms with Gasteiger partial charge >= 0.3 is 0 Å². The monoisotopic (exact) mass is 306 g/mol. The molecule has 0 aliphatic carbocycles. The molecule has 0 fully saturated rings. The minimum Gasteiger partial charge on any atom is -0.493 e. The maximum absolute atomic E-state index is 5.63. The zero-order valence-electron chi connectivity index (χ0n) is 12.1. The van der Waals surface area contributed by atoms with Crippen molar-refractivity contribution in [2.24, 2.45) is 0 Å². The highest BCUT2D eigenvalue weighted by atomic mass is 32.1. The van der Waals surface area contributed by atoms with Crippen LogP contribution in [0.5, 0.6) is 17.2 Å². The number of nitrogens with zero attached hydrogens (tertiary/aromatic N) is 1. The SMILES string of the molecule is COc1cc(CNCc2nc(C)cs2)cc2c1OCCO2. The maximum atomic E-state index is 5.63. The molecule has 0 radical (unpaired) electrons. The molecule has 1 aliphatic heterocycles. The third-order valence-corrected chi connectivity index (χ3v) is 4.13.